The molecule has 1 saturated heterocycles. The molecule has 1 fully saturated rings. The van der Waals surface area contributed by atoms with Crippen molar-refractivity contribution in [1.82, 2.24) is 4.90 Å². The molecule has 8 nitrogen and oxygen atoms in total. The highest BCUT2D eigenvalue weighted by molar-refractivity contribution is 9.10. The average Bonchev–Trinajstić information content (AvgIpc) is 3.46. The van der Waals surface area contributed by atoms with Crippen molar-refractivity contribution in [3.05, 3.63) is 86.1 Å². The van der Waals surface area contributed by atoms with Crippen molar-refractivity contribution in [2.75, 3.05) is 13.7 Å². The first-order chi connectivity index (χ1) is 17.8. The molecule has 1 aliphatic heterocycles. The predicted octanol–water partition coefficient (Wildman–Crippen LogP) is 6.35. The van der Waals surface area contributed by atoms with Gasteiger partial charge >= 0.3 is 5.97 Å². The van der Waals surface area contributed by atoms with Crippen molar-refractivity contribution in [2.24, 2.45) is 0 Å². The molecule has 0 spiro atoms. The molecule has 37 heavy (non-hydrogen) atoms. The van der Waals surface area contributed by atoms with Gasteiger partial charge in [0.1, 0.15) is 12.4 Å². The van der Waals surface area contributed by atoms with Gasteiger partial charge in [-0.2, -0.15) is 0 Å². The smallest absolute Gasteiger partial charge is 0.373 e. The number of furan rings is 1. The number of ether oxygens (including phenoxy) is 3. The molecule has 192 valence electrons. The minimum Gasteiger partial charge on any atom is -0.490 e. The second-order valence-electron chi connectivity index (χ2n) is 8.05. The number of nitrogens with zero attached hydrogens (tertiary/aromatic N) is 1. The van der Waals surface area contributed by atoms with Crippen LogP contribution in [0.4, 0.5) is 4.79 Å². The van der Waals surface area contributed by atoms with Gasteiger partial charge in [0.05, 0.1) is 25.2 Å². The highest BCUT2D eigenvalue weighted by atomic mass is 79.9. The van der Waals surface area contributed by atoms with Crippen LogP contribution in [-0.2, 0) is 22.7 Å². The van der Waals surface area contributed by atoms with Crippen molar-refractivity contribution < 1.29 is 33.0 Å². The number of hydrogen-bond donors (Lipinski definition) is 0. The summed E-state index contributed by atoms with van der Waals surface area (Å²) in [7, 11) is 1.24. The first-order valence-corrected chi connectivity index (χ1v) is 13.0. The predicted molar refractivity (Wildman–Crippen MR) is 142 cm³/mol. The lowest BCUT2D eigenvalue weighted by Crippen LogP contribution is -2.27. The monoisotopic (exact) mass is 585 g/mol. The highest BCUT2D eigenvalue weighted by Crippen LogP contribution is 2.39. The molecule has 10 heteroatoms. The van der Waals surface area contributed by atoms with E-state index in [1.54, 1.807) is 18.2 Å². The van der Waals surface area contributed by atoms with E-state index in [1.165, 1.54) is 24.8 Å². The fraction of sp³-hybridized carbons (Fsp3) is 0.222. The van der Waals surface area contributed by atoms with Gasteiger partial charge in [-0.25, -0.2) is 4.79 Å². The maximum Gasteiger partial charge on any atom is 0.373 e. The zero-order valence-corrected chi connectivity index (χ0v) is 22.8. The summed E-state index contributed by atoms with van der Waals surface area (Å²) in [6.45, 7) is 4.60. The first-order valence-electron chi connectivity index (χ1n) is 11.4. The van der Waals surface area contributed by atoms with Crippen molar-refractivity contribution in [3.8, 4) is 11.5 Å². The summed E-state index contributed by atoms with van der Waals surface area (Å²) in [4.78, 5) is 38.5. The fourth-order valence-electron chi connectivity index (χ4n) is 3.49. The lowest BCUT2D eigenvalue weighted by molar-refractivity contribution is -0.123. The molecule has 0 radical (unpaired) electrons. The molecule has 2 aromatic carbocycles. The lowest BCUT2D eigenvalue weighted by atomic mass is 10.1. The van der Waals surface area contributed by atoms with Crippen LogP contribution in [0.3, 0.4) is 0 Å². The maximum absolute atomic E-state index is 13.0. The van der Waals surface area contributed by atoms with Gasteiger partial charge in [0.15, 0.2) is 11.5 Å². The van der Waals surface area contributed by atoms with E-state index in [1.807, 2.05) is 38.1 Å². The normalized spacial score (nSPS) is 14.4. The minimum atomic E-state index is -0.637. The van der Waals surface area contributed by atoms with Gasteiger partial charge in [0.2, 0.25) is 5.76 Å². The number of imide groups is 1. The van der Waals surface area contributed by atoms with E-state index in [4.69, 9.17) is 13.9 Å². The fourth-order valence-corrected chi connectivity index (χ4v) is 4.76. The van der Waals surface area contributed by atoms with E-state index in [0.29, 0.717) is 40.5 Å². The van der Waals surface area contributed by atoms with Gasteiger partial charge in [-0.1, -0.05) is 45.8 Å². The Balaban J connectivity index is 1.52. The molecular formula is C27H24BrNO7S. The lowest BCUT2D eigenvalue weighted by Gasteiger charge is -2.14. The number of aryl methyl sites for hydroxylation is 1. The minimum absolute atomic E-state index is 0.00270. The van der Waals surface area contributed by atoms with E-state index in [2.05, 4.69) is 20.7 Å². The Morgan fingerprint density at radius 2 is 1.81 bits per heavy atom. The van der Waals surface area contributed by atoms with Crippen LogP contribution in [0.25, 0.3) is 6.08 Å². The molecule has 0 N–H and O–H groups in total. The maximum atomic E-state index is 13.0. The average molecular weight is 586 g/mol. The Kier molecular flexibility index (Phi) is 8.40. The summed E-state index contributed by atoms with van der Waals surface area (Å²) >= 11 is 4.37. The number of methoxy groups -OCH3 is 1. The molecule has 2 heterocycles. The molecular weight excluding hydrogens is 562 g/mol. The van der Waals surface area contributed by atoms with Gasteiger partial charge < -0.3 is 18.6 Å². The SMILES string of the molecule is CCOc1cc(/C=C2/SC(=O)N(Cc3ccc(C(=O)OC)o3)C2=O)c(Br)cc1OCc1ccc(C)cc1. The Hall–Kier alpha value is -3.50. The van der Waals surface area contributed by atoms with Crippen LogP contribution in [0.5, 0.6) is 11.5 Å². The van der Waals surface area contributed by atoms with Gasteiger partial charge in [0, 0.05) is 4.47 Å². The third-order valence-electron chi connectivity index (χ3n) is 5.40. The third kappa shape index (κ3) is 6.26. The number of halogens is 1. The van der Waals surface area contributed by atoms with Gasteiger partial charge in [-0.05, 0) is 67.1 Å². The quantitative estimate of drug-likeness (QED) is 0.212. The summed E-state index contributed by atoms with van der Waals surface area (Å²) in [5.41, 5.74) is 2.85. The molecule has 2 amide bonds. The van der Waals surface area contributed by atoms with Crippen molar-refractivity contribution in [1.29, 1.82) is 0 Å². The number of carbonyl (C=O) groups excluding carboxylic acids is 3. The molecule has 0 atom stereocenters. The van der Waals surface area contributed by atoms with Crippen molar-refractivity contribution >= 4 is 50.9 Å². The van der Waals surface area contributed by atoms with Crippen molar-refractivity contribution in [2.45, 2.75) is 27.0 Å². The number of hydrogen-bond acceptors (Lipinski definition) is 8. The van der Waals surface area contributed by atoms with E-state index in [-0.39, 0.29) is 17.2 Å². The number of carbonyl (C=O) groups is 3. The largest absolute Gasteiger partial charge is 0.490 e. The summed E-state index contributed by atoms with van der Waals surface area (Å²) in [6.07, 6.45) is 1.63. The Morgan fingerprint density at radius 1 is 1.08 bits per heavy atom. The summed E-state index contributed by atoms with van der Waals surface area (Å²) < 4.78 is 22.5. The molecule has 0 saturated carbocycles. The van der Waals surface area contributed by atoms with Crippen LogP contribution in [0.1, 0.15) is 39.9 Å². The molecule has 0 aliphatic carbocycles. The van der Waals surface area contributed by atoms with Gasteiger partial charge in [-0.15, -0.1) is 0 Å². The number of benzene rings is 2. The van der Waals surface area contributed by atoms with Crippen LogP contribution in [0.2, 0.25) is 0 Å². The molecule has 0 unspecified atom stereocenters. The molecule has 1 aliphatic rings. The number of esters is 1. The number of amides is 2. The molecule has 0 bridgehead atoms. The Labute approximate surface area is 226 Å². The summed E-state index contributed by atoms with van der Waals surface area (Å²) in [5, 5.41) is -0.438. The second kappa shape index (κ2) is 11.7. The summed E-state index contributed by atoms with van der Waals surface area (Å²) in [6, 6.07) is 14.6. The van der Waals surface area contributed by atoms with Crippen LogP contribution >= 0.6 is 27.7 Å². The summed E-state index contributed by atoms with van der Waals surface area (Å²) in [5.74, 6) is 0.265. The van der Waals surface area contributed by atoms with Crippen LogP contribution in [-0.4, -0.2) is 35.7 Å². The highest BCUT2D eigenvalue weighted by Gasteiger charge is 2.36. The topological polar surface area (TPSA) is 95.3 Å². The first kappa shape index (κ1) is 26.6. The van der Waals surface area contributed by atoms with E-state index < -0.39 is 17.1 Å². The van der Waals surface area contributed by atoms with Gasteiger partial charge in [0.25, 0.3) is 11.1 Å². The van der Waals surface area contributed by atoms with E-state index >= 15 is 0 Å². The number of thioether (sulfide) groups is 1. The molecule has 3 aromatic rings. The molecule has 4 rings (SSSR count). The second-order valence-corrected chi connectivity index (χ2v) is 9.90. The van der Waals surface area contributed by atoms with E-state index in [9.17, 15) is 14.4 Å². The number of rotatable bonds is 9. The van der Waals surface area contributed by atoms with Crippen LogP contribution < -0.4 is 9.47 Å². The zero-order chi connectivity index (χ0) is 26.5. The van der Waals surface area contributed by atoms with Crippen LogP contribution in [0.15, 0.2) is 62.3 Å². The standard InChI is InChI=1S/C27H24BrNO7S/c1-4-34-22-11-18(20(28)13-23(22)35-15-17-7-5-16(2)6-8-17)12-24-25(30)29(27(32)37-24)14-19-9-10-21(36-19)26(31)33-3/h5-13H,4,14-15H2,1-3H3/b24-12+. The zero-order valence-electron chi connectivity index (χ0n) is 20.4. The van der Waals surface area contributed by atoms with Crippen LogP contribution in [0, 0.1) is 6.92 Å². The Bertz CT molecular complexity index is 1360. The molecule has 1 aromatic heterocycles. The third-order valence-corrected chi connectivity index (χ3v) is 6.99. The van der Waals surface area contributed by atoms with E-state index in [0.717, 1.165) is 22.2 Å². The van der Waals surface area contributed by atoms with Gasteiger partial charge in [-0.3, -0.25) is 14.5 Å². The Morgan fingerprint density at radius 3 is 2.51 bits per heavy atom. The van der Waals surface area contributed by atoms with Crippen molar-refractivity contribution in [3.63, 3.8) is 0 Å².